The molecule has 0 aromatic carbocycles. The molecule has 6 aliphatic rings. The highest BCUT2D eigenvalue weighted by Crippen LogP contribution is 2.43. The van der Waals surface area contributed by atoms with Crippen molar-refractivity contribution in [3.8, 4) is 0 Å². The van der Waals surface area contributed by atoms with Gasteiger partial charge >= 0.3 is 11.9 Å². The first-order valence-corrected chi connectivity index (χ1v) is 43.7. The Bertz CT molecular complexity index is 3110. The van der Waals surface area contributed by atoms with E-state index in [2.05, 4.69) is 62.3 Å². The zero-order valence-corrected chi connectivity index (χ0v) is 78.2. The van der Waals surface area contributed by atoms with Crippen molar-refractivity contribution >= 4 is 70.5 Å². The number of esters is 2. The molecule has 21 heteroatoms. The van der Waals surface area contributed by atoms with Crippen molar-refractivity contribution in [2.24, 2.45) is 107 Å². The first-order chi connectivity index (χ1) is 52.4. The summed E-state index contributed by atoms with van der Waals surface area (Å²) < 4.78 is 31.9. The van der Waals surface area contributed by atoms with Crippen molar-refractivity contribution in [3.05, 3.63) is 0 Å². The van der Waals surface area contributed by atoms with Crippen LogP contribution < -0.4 is 0 Å². The molecule has 0 aromatic heterocycles. The van der Waals surface area contributed by atoms with Crippen molar-refractivity contribution in [2.75, 3.05) is 79.3 Å². The summed E-state index contributed by atoms with van der Waals surface area (Å²) in [5.41, 5.74) is -1.42. The monoisotopic (exact) mass is 1620 g/mol. The van der Waals surface area contributed by atoms with Crippen molar-refractivity contribution in [1.82, 2.24) is 14.7 Å². The van der Waals surface area contributed by atoms with E-state index in [0.29, 0.717) is 151 Å². The van der Waals surface area contributed by atoms with Gasteiger partial charge in [0.1, 0.15) is 23.1 Å². The number of amides is 6. The molecule has 664 valence electrons. The summed E-state index contributed by atoms with van der Waals surface area (Å²) in [6, 6.07) is 0. The molecule has 3 saturated heterocycles. The minimum Gasteiger partial charge on any atom is -0.428 e. The number of ether oxygens (including phenoxy) is 6. The van der Waals surface area contributed by atoms with Gasteiger partial charge in [-0.2, -0.15) is 0 Å². The quantitative estimate of drug-likeness (QED) is 0.0291. The molecule has 3 heterocycles. The van der Waals surface area contributed by atoms with Crippen LogP contribution >= 0.6 is 0 Å². The Labute approximate surface area is 697 Å². The highest BCUT2D eigenvalue weighted by molar-refractivity contribution is 6.05. The molecule has 6 amide bonds. The van der Waals surface area contributed by atoms with Gasteiger partial charge in [-0.1, -0.05) is 187 Å². The van der Waals surface area contributed by atoms with Crippen LogP contribution in [-0.4, -0.2) is 164 Å². The Morgan fingerprint density at radius 1 is 0.330 bits per heavy atom. The van der Waals surface area contributed by atoms with E-state index < -0.39 is 11.4 Å². The highest BCUT2D eigenvalue weighted by atomic mass is 16.7. The maximum absolute atomic E-state index is 12.6. The zero-order chi connectivity index (χ0) is 88.4. The maximum Gasteiger partial charge on any atom is 0.314 e. The molecule has 3 atom stereocenters. The van der Waals surface area contributed by atoms with Gasteiger partial charge in [-0.3, -0.25) is 72.2 Å². The molecule has 3 aliphatic carbocycles. The molecule has 3 saturated carbocycles. The average Bonchev–Trinajstić information content (AvgIpc) is 1.56. The SMILES string of the molecule is CC(C)(C)C(=O)C1CCC(CN2C(=O)CC(C(C)(C)C)C2=O)CC1.CC(C)(C)C(=O)CCCOCCOCCN1C(=O)CC(C(C)(C)C)C1=O.CC(C)(C)C(=O)OCOC(=O)C1CCC(CN2C(=O)CC(C(C)(C)C)C2=O)CC1.CC(C)(C)CC1CCC(C(=O)C(C)(C)C)CC1.CC(C)(C)CCOCCOCCCC(=O)C(C)(C)C. The Balaban J connectivity index is 0.000000494. The van der Waals surface area contributed by atoms with Gasteiger partial charge in [0.25, 0.3) is 0 Å². The largest absolute Gasteiger partial charge is 0.428 e. The smallest absolute Gasteiger partial charge is 0.314 e. The van der Waals surface area contributed by atoms with E-state index in [1.807, 2.05) is 125 Å². The van der Waals surface area contributed by atoms with E-state index in [0.717, 1.165) is 76.7 Å². The van der Waals surface area contributed by atoms with Crippen LogP contribution in [0.15, 0.2) is 0 Å². The van der Waals surface area contributed by atoms with E-state index in [9.17, 15) is 57.5 Å². The average molecular weight is 1630 g/mol. The van der Waals surface area contributed by atoms with Gasteiger partial charge in [-0.25, -0.2) is 0 Å². The summed E-state index contributed by atoms with van der Waals surface area (Å²) in [6.45, 7) is 65.8. The van der Waals surface area contributed by atoms with Gasteiger partial charge < -0.3 is 28.4 Å². The van der Waals surface area contributed by atoms with Gasteiger partial charge in [0.15, 0.2) is 0 Å². The van der Waals surface area contributed by atoms with Crippen molar-refractivity contribution in [2.45, 2.75) is 343 Å². The second-order valence-electron chi connectivity index (χ2n) is 44.7. The number of carbonyl (C=O) groups excluding carboxylic acids is 12. The van der Waals surface area contributed by atoms with Gasteiger partial charge in [0.2, 0.25) is 42.2 Å². The summed E-state index contributed by atoms with van der Waals surface area (Å²) in [7, 11) is 0. The highest BCUT2D eigenvalue weighted by Gasteiger charge is 2.48. The molecule has 21 nitrogen and oxygen atoms in total. The number of rotatable bonds is 29. The van der Waals surface area contributed by atoms with Crippen LogP contribution in [-0.2, 0) is 86.0 Å². The van der Waals surface area contributed by atoms with Crippen LogP contribution in [0.2, 0.25) is 0 Å². The molecule has 0 radical (unpaired) electrons. The molecule has 0 aromatic rings. The normalized spacial score (nSPS) is 22.9. The molecular weight excluding hydrogens is 1460 g/mol. The van der Waals surface area contributed by atoms with E-state index in [4.69, 9.17) is 28.4 Å². The fourth-order valence-corrected chi connectivity index (χ4v) is 15.2. The summed E-state index contributed by atoms with van der Waals surface area (Å²) in [5.74, 6) is 1.20. The second kappa shape index (κ2) is 46.1. The lowest BCUT2D eigenvalue weighted by Gasteiger charge is -2.34. The molecule has 3 aliphatic heterocycles. The molecule has 115 heavy (non-hydrogen) atoms. The maximum atomic E-state index is 12.6. The topological polar surface area (TPSA) is 270 Å². The zero-order valence-electron chi connectivity index (χ0n) is 78.2. The first-order valence-electron chi connectivity index (χ1n) is 43.7. The third kappa shape index (κ3) is 39.8. The third-order valence-electron chi connectivity index (χ3n) is 23.0. The number of likely N-dealkylation sites (tertiary alicyclic amines) is 3. The van der Waals surface area contributed by atoms with E-state index in [1.54, 1.807) is 20.8 Å². The predicted molar refractivity (Wildman–Crippen MR) is 453 cm³/mol. The van der Waals surface area contributed by atoms with Gasteiger partial charge in [0.05, 0.1) is 68.7 Å². The van der Waals surface area contributed by atoms with Crippen LogP contribution in [0, 0.1) is 107 Å². The van der Waals surface area contributed by atoms with Crippen LogP contribution in [0.4, 0.5) is 0 Å². The number of hydrogen-bond donors (Lipinski definition) is 0. The minimum absolute atomic E-state index is 0.000362. The molecule has 6 rings (SSSR count). The lowest BCUT2D eigenvalue weighted by Crippen LogP contribution is -2.39. The van der Waals surface area contributed by atoms with Crippen LogP contribution in [0.3, 0.4) is 0 Å². The van der Waals surface area contributed by atoms with Crippen LogP contribution in [0.5, 0.6) is 0 Å². The lowest BCUT2D eigenvalue weighted by molar-refractivity contribution is -0.176. The Morgan fingerprint density at radius 2 is 0.643 bits per heavy atom. The summed E-state index contributed by atoms with van der Waals surface area (Å²) >= 11 is 0. The number of carbonyl (C=O) groups is 12. The third-order valence-corrected chi connectivity index (χ3v) is 23.0. The molecule has 0 spiro atoms. The summed E-state index contributed by atoms with van der Waals surface area (Å²) in [4.78, 5) is 150. The number of hydrogen-bond acceptors (Lipinski definition) is 18. The Morgan fingerprint density at radius 3 is 0.948 bits per heavy atom. The predicted octanol–water partition coefficient (Wildman–Crippen LogP) is 18.7. The molecule has 0 bridgehead atoms. The van der Waals surface area contributed by atoms with Crippen LogP contribution in [0.1, 0.15) is 343 Å². The Kier molecular flexibility index (Phi) is 42.4. The van der Waals surface area contributed by atoms with Gasteiger partial charge in [-0.15, -0.1) is 0 Å². The van der Waals surface area contributed by atoms with E-state index in [-0.39, 0.29) is 134 Å². The molecular formula is C94H165N3O18. The summed E-state index contributed by atoms with van der Waals surface area (Å²) in [6.07, 6.45) is 17.2. The second-order valence-corrected chi connectivity index (χ2v) is 44.7. The molecule has 6 fully saturated rings. The molecule has 0 N–H and O–H groups in total. The first kappa shape index (κ1) is 106. The van der Waals surface area contributed by atoms with Crippen LogP contribution in [0.25, 0.3) is 0 Å². The van der Waals surface area contributed by atoms with Crippen molar-refractivity contribution < 1.29 is 86.0 Å². The Hall–Kier alpha value is -5.12. The van der Waals surface area contributed by atoms with E-state index in [1.165, 1.54) is 34.0 Å². The number of Topliss-reactive ketones (excluding diaryl/α,β-unsaturated/α-hetero) is 4. The van der Waals surface area contributed by atoms with E-state index >= 15 is 0 Å². The number of nitrogens with zero attached hydrogens (tertiary/aromatic N) is 3. The number of ketones is 4. The van der Waals surface area contributed by atoms with Gasteiger partial charge in [-0.05, 0) is 168 Å². The van der Waals surface area contributed by atoms with Crippen molar-refractivity contribution in [3.63, 3.8) is 0 Å². The fourth-order valence-electron chi connectivity index (χ4n) is 15.2. The summed E-state index contributed by atoms with van der Waals surface area (Å²) in [5, 5.41) is 0. The fraction of sp³-hybridized carbons (Fsp3) is 0.872. The standard InChI is InChI=1S/C22H35NO6.C20H35NO5.C20H33NO3.C16H32O3.C16H30O/c1-21(2,3)16-11-17(24)23(18(16)25)12-14-7-9-15(10-8-14)19(26)28-13-29-20(27)22(4,5)6;1-19(2,3)15-14-17(23)21(18(15)24)9-11-26-13-12-25-10-7-8-16(22)20(4,5)6;1-19(2,3)15-11-16(22)21(18(15)24)12-13-7-9-14(10-8-13)17(23)20(4,5)6;1-15(2,3)9-11-19-13-12-18-10-7-8-14(17)16(4,5)6;1-15(2,3)11-12-7-9-13(10-8-12)14(17)16(4,5)6/h14-16H,7-13H2,1-6H3;15H,7-14H2,1-6H3;13-15H,7-12H2,1-6H3;7-13H2,1-6H3;12-13H,7-11H2,1-6H3. The number of imide groups is 3. The van der Waals surface area contributed by atoms with Crippen molar-refractivity contribution in [1.29, 1.82) is 0 Å². The molecule has 3 unspecified atom stereocenters. The minimum atomic E-state index is -0.638. The van der Waals surface area contributed by atoms with Gasteiger partial charge in [0, 0.05) is 98.5 Å². The lowest BCUT2D eigenvalue weighted by atomic mass is 9.70.